The van der Waals surface area contributed by atoms with Crippen LogP contribution >= 0.6 is 0 Å². The van der Waals surface area contributed by atoms with E-state index >= 15 is 0 Å². The lowest BCUT2D eigenvalue weighted by molar-refractivity contribution is -0.118. The molecular formula is C25H35NO5. The van der Waals surface area contributed by atoms with Gasteiger partial charge in [-0.25, -0.2) is 4.79 Å². The third kappa shape index (κ3) is 4.52. The van der Waals surface area contributed by atoms with Gasteiger partial charge < -0.3 is 24.3 Å². The van der Waals surface area contributed by atoms with Gasteiger partial charge in [0.2, 0.25) is 0 Å². The molecule has 0 bridgehead atoms. The Morgan fingerprint density at radius 2 is 2.03 bits per heavy atom. The lowest BCUT2D eigenvalue weighted by atomic mass is 9.68. The van der Waals surface area contributed by atoms with Crippen LogP contribution in [0.25, 0.3) is 0 Å². The largest absolute Gasteiger partial charge is 0.443 e. The van der Waals surface area contributed by atoms with Gasteiger partial charge in [0.25, 0.3) is 0 Å². The fraction of sp³-hybridized carbons (Fsp3) is 0.640. The molecule has 1 spiro atoms. The zero-order valence-corrected chi connectivity index (χ0v) is 19.2. The number of alkyl carbamates (subject to hydrolysis) is 1. The minimum Gasteiger partial charge on any atom is -0.443 e. The second-order valence-electron chi connectivity index (χ2n) is 9.60. The van der Waals surface area contributed by atoms with E-state index in [0.29, 0.717) is 0 Å². The molecule has 7 atom stereocenters. The predicted octanol–water partition coefficient (Wildman–Crippen LogP) is 4.55. The fourth-order valence-electron chi connectivity index (χ4n) is 5.24. The molecule has 6 nitrogen and oxygen atoms in total. The van der Waals surface area contributed by atoms with Crippen molar-refractivity contribution in [2.24, 2.45) is 5.92 Å². The lowest BCUT2D eigenvalue weighted by Gasteiger charge is -2.42. The Hall–Kier alpha value is -1.89. The summed E-state index contributed by atoms with van der Waals surface area (Å²) in [6.45, 7) is 9.02. The van der Waals surface area contributed by atoms with Crippen molar-refractivity contribution in [3.8, 4) is 0 Å². The average Bonchev–Trinajstić information content (AvgIpc) is 3.65. The number of epoxide rings is 2. The number of methoxy groups -OCH3 is 1. The van der Waals surface area contributed by atoms with Crippen molar-refractivity contribution < 1.29 is 23.7 Å². The molecule has 170 valence electrons. The number of carbonyl (C=O) groups excluding carboxylic acids is 1. The van der Waals surface area contributed by atoms with E-state index in [1.165, 1.54) is 5.57 Å². The Morgan fingerprint density at radius 3 is 2.65 bits per heavy atom. The van der Waals surface area contributed by atoms with Gasteiger partial charge in [-0.1, -0.05) is 42.0 Å². The Kier molecular flexibility index (Phi) is 6.16. The molecule has 3 fully saturated rings. The average molecular weight is 430 g/mol. The van der Waals surface area contributed by atoms with Crippen LogP contribution in [0.3, 0.4) is 0 Å². The molecule has 2 heterocycles. The van der Waals surface area contributed by atoms with E-state index in [1.54, 1.807) is 7.11 Å². The summed E-state index contributed by atoms with van der Waals surface area (Å²) in [4.78, 5) is 12.7. The monoisotopic (exact) mass is 429 g/mol. The third-order valence-corrected chi connectivity index (χ3v) is 7.13. The number of carbonyl (C=O) groups is 1. The lowest BCUT2D eigenvalue weighted by Crippen LogP contribution is -2.56. The summed E-state index contributed by atoms with van der Waals surface area (Å²) < 4.78 is 24.0. The first kappa shape index (κ1) is 22.3. The Balaban J connectivity index is 1.43. The molecule has 1 aliphatic carbocycles. The van der Waals surface area contributed by atoms with Crippen LogP contribution in [0.2, 0.25) is 0 Å². The van der Waals surface area contributed by atoms with E-state index in [-0.39, 0.29) is 41.5 Å². The highest BCUT2D eigenvalue weighted by atomic mass is 16.6. The fourth-order valence-corrected chi connectivity index (χ4v) is 5.24. The minimum atomic E-state index is -0.419. The van der Waals surface area contributed by atoms with Crippen molar-refractivity contribution >= 4 is 6.09 Å². The van der Waals surface area contributed by atoms with Crippen LogP contribution in [0.5, 0.6) is 0 Å². The number of hydrogen-bond acceptors (Lipinski definition) is 5. The van der Waals surface area contributed by atoms with Crippen LogP contribution in [0, 0.1) is 5.92 Å². The molecule has 1 aromatic rings. The van der Waals surface area contributed by atoms with Crippen molar-refractivity contribution in [2.45, 2.75) is 82.5 Å². The zero-order valence-electron chi connectivity index (χ0n) is 19.2. The smallest absolute Gasteiger partial charge is 0.407 e. The van der Waals surface area contributed by atoms with Crippen LogP contribution in [0.15, 0.2) is 42.0 Å². The van der Waals surface area contributed by atoms with Gasteiger partial charge >= 0.3 is 6.09 Å². The summed E-state index contributed by atoms with van der Waals surface area (Å²) in [5.74, 6) is 0.0265. The molecule has 1 saturated carbocycles. The van der Waals surface area contributed by atoms with Crippen LogP contribution in [0.1, 0.15) is 58.6 Å². The number of benzene rings is 1. The summed E-state index contributed by atoms with van der Waals surface area (Å²) in [5, 5.41) is 2.95. The van der Waals surface area contributed by atoms with Gasteiger partial charge in [0, 0.05) is 7.11 Å². The van der Waals surface area contributed by atoms with Gasteiger partial charge in [0.1, 0.15) is 23.4 Å². The van der Waals surface area contributed by atoms with Crippen molar-refractivity contribution in [2.75, 3.05) is 13.7 Å². The predicted molar refractivity (Wildman–Crippen MR) is 118 cm³/mol. The standard InChI is InChI=1S/C25H35NO5/c1-16(2)11-12-20-24(4,31-20)22-21(28-5)19(13-14-25(22)15-29-25)30-23(27)26-17(3)18-9-7-6-8-10-18/h6-11,17,19-22H,12-15H2,1-5H3,(H,26,27)/t17-,19-,20-,21-,22-,24-,25+/m1/s1. The van der Waals surface area contributed by atoms with E-state index in [2.05, 4.69) is 32.2 Å². The number of rotatable bonds is 7. The van der Waals surface area contributed by atoms with Gasteiger partial charge in [-0.15, -0.1) is 0 Å². The van der Waals surface area contributed by atoms with E-state index in [1.807, 2.05) is 37.3 Å². The van der Waals surface area contributed by atoms with Crippen molar-refractivity contribution in [1.82, 2.24) is 5.32 Å². The zero-order chi connectivity index (χ0) is 22.2. The second kappa shape index (κ2) is 8.57. The summed E-state index contributed by atoms with van der Waals surface area (Å²) in [6.07, 6.45) is 3.77. The van der Waals surface area contributed by atoms with E-state index in [9.17, 15) is 4.79 Å². The Labute approximate surface area is 185 Å². The molecule has 0 aromatic heterocycles. The summed E-state index contributed by atoms with van der Waals surface area (Å²) in [6, 6.07) is 9.73. The summed E-state index contributed by atoms with van der Waals surface area (Å²) in [7, 11) is 1.69. The van der Waals surface area contributed by atoms with Gasteiger partial charge in [-0.2, -0.15) is 0 Å². The van der Waals surface area contributed by atoms with Crippen LogP contribution < -0.4 is 5.32 Å². The number of nitrogens with one attached hydrogen (secondary N) is 1. The molecule has 0 unspecified atom stereocenters. The molecule has 31 heavy (non-hydrogen) atoms. The molecule has 1 N–H and O–H groups in total. The van der Waals surface area contributed by atoms with Gasteiger partial charge in [-0.3, -0.25) is 0 Å². The van der Waals surface area contributed by atoms with Crippen LogP contribution in [-0.2, 0) is 18.9 Å². The summed E-state index contributed by atoms with van der Waals surface area (Å²) >= 11 is 0. The normalized spacial score (nSPS) is 37.1. The van der Waals surface area contributed by atoms with E-state index in [0.717, 1.165) is 31.4 Å². The first-order valence-corrected chi connectivity index (χ1v) is 11.3. The number of hydrogen-bond donors (Lipinski definition) is 1. The maximum absolute atomic E-state index is 12.7. The highest BCUT2D eigenvalue weighted by Gasteiger charge is 2.72. The van der Waals surface area contributed by atoms with Crippen molar-refractivity contribution in [1.29, 1.82) is 0 Å². The molecule has 2 aliphatic heterocycles. The minimum absolute atomic E-state index is 0.0265. The molecule has 4 rings (SSSR count). The molecule has 2 saturated heterocycles. The van der Waals surface area contributed by atoms with Crippen molar-refractivity contribution in [3.63, 3.8) is 0 Å². The first-order valence-electron chi connectivity index (χ1n) is 11.3. The second-order valence-corrected chi connectivity index (χ2v) is 9.60. The van der Waals surface area contributed by atoms with E-state index < -0.39 is 6.09 Å². The number of allylic oxidation sites excluding steroid dienone is 1. The molecule has 3 aliphatic rings. The highest BCUT2D eigenvalue weighted by Crippen LogP contribution is 2.59. The topological polar surface area (TPSA) is 72.6 Å². The SMILES string of the molecule is CO[C@@H]1[C@H](OC(=O)N[C@H](C)c2ccccc2)CC[C@]2(CO2)[C@H]1[C@]1(C)O[C@@H]1CC=C(C)C. The maximum atomic E-state index is 12.7. The van der Waals surface area contributed by atoms with Gasteiger partial charge in [0.05, 0.1) is 24.7 Å². The maximum Gasteiger partial charge on any atom is 0.407 e. The summed E-state index contributed by atoms with van der Waals surface area (Å²) in [5.41, 5.74) is 1.77. The molecule has 1 aromatic carbocycles. The number of ether oxygens (including phenoxy) is 4. The number of amides is 1. The van der Waals surface area contributed by atoms with Gasteiger partial charge in [-0.05, 0) is 52.5 Å². The Bertz CT molecular complexity index is 816. The molecule has 6 heteroatoms. The highest BCUT2D eigenvalue weighted by molar-refractivity contribution is 5.68. The first-order chi connectivity index (χ1) is 14.8. The third-order valence-electron chi connectivity index (χ3n) is 7.13. The van der Waals surface area contributed by atoms with Gasteiger partial charge in [0.15, 0.2) is 0 Å². The molecular weight excluding hydrogens is 394 g/mol. The quantitative estimate of drug-likeness (QED) is 0.508. The van der Waals surface area contributed by atoms with Crippen LogP contribution in [-0.4, -0.2) is 49.3 Å². The Morgan fingerprint density at radius 1 is 1.32 bits per heavy atom. The molecule has 1 amide bonds. The van der Waals surface area contributed by atoms with E-state index in [4.69, 9.17) is 18.9 Å². The van der Waals surface area contributed by atoms with Crippen molar-refractivity contribution in [3.05, 3.63) is 47.5 Å². The molecule has 0 radical (unpaired) electrons. The van der Waals surface area contributed by atoms with Crippen LogP contribution in [0.4, 0.5) is 4.79 Å².